The van der Waals surface area contributed by atoms with Gasteiger partial charge in [-0.2, -0.15) is 0 Å². The molecule has 0 aromatic carbocycles. The second-order valence-electron chi connectivity index (χ2n) is 4.50. The van der Waals surface area contributed by atoms with Crippen LogP contribution in [0.5, 0.6) is 0 Å². The van der Waals surface area contributed by atoms with Crippen LogP contribution in [0.25, 0.3) is 0 Å². The van der Waals surface area contributed by atoms with Crippen molar-refractivity contribution in [3.63, 3.8) is 0 Å². The zero-order valence-corrected chi connectivity index (χ0v) is 9.15. The van der Waals surface area contributed by atoms with Gasteiger partial charge in [0.05, 0.1) is 5.60 Å². The molecule has 76 valence electrons. The van der Waals surface area contributed by atoms with E-state index in [1.54, 1.807) is 0 Å². The van der Waals surface area contributed by atoms with Crippen LogP contribution in [0.15, 0.2) is 0 Å². The van der Waals surface area contributed by atoms with Gasteiger partial charge in [-0.05, 0) is 31.6 Å². The Morgan fingerprint density at radius 1 is 1.46 bits per heavy atom. The second kappa shape index (κ2) is 3.78. The predicted octanol–water partition coefficient (Wildman–Crippen LogP) is 3.35. The number of alkyl halides is 1. The number of halogens is 1. The number of hydrogen-bond donors (Lipinski definition) is 0. The molecule has 0 aromatic heterocycles. The molecule has 0 bridgehead atoms. The minimum atomic E-state index is 0.180. The van der Waals surface area contributed by atoms with Crippen molar-refractivity contribution in [2.75, 3.05) is 6.61 Å². The van der Waals surface area contributed by atoms with Crippen molar-refractivity contribution in [3.05, 3.63) is 0 Å². The van der Waals surface area contributed by atoms with Crippen LogP contribution >= 0.6 is 11.6 Å². The van der Waals surface area contributed by atoms with Crippen molar-refractivity contribution >= 4 is 11.6 Å². The molecular weight excluding hydrogens is 184 g/mol. The van der Waals surface area contributed by atoms with E-state index in [1.807, 2.05) is 0 Å². The molecule has 0 radical (unpaired) electrons. The van der Waals surface area contributed by atoms with Gasteiger partial charge in [-0.25, -0.2) is 0 Å². The molecule has 1 saturated heterocycles. The van der Waals surface area contributed by atoms with E-state index >= 15 is 0 Å². The van der Waals surface area contributed by atoms with Gasteiger partial charge in [0.1, 0.15) is 0 Å². The maximum Gasteiger partial charge on any atom is 0.0724 e. The topological polar surface area (TPSA) is 9.23 Å². The van der Waals surface area contributed by atoms with Crippen LogP contribution in [0, 0.1) is 5.92 Å². The van der Waals surface area contributed by atoms with E-state index in [9.17, 15) is 0 Å². The summed E-state index contributed by atoms with van der Waals surface area (Å²) in [6, 6.07) is 0. The van der Waals surface area contributed by atoms with Gasteiger partial charge in [-0.1, -0.05) is 19.8 Å². The normalized spacial score (nSPS) is 45.7. The van der Waals surface area contributed by atoms with Crippen molar-refractivity contribution in [1.29, 1.82) is 0 Å². The first kappa shape index (κ1) is 9.79. The fourth-order valence-electron chi connectivity index (χ4n) is 3.08. The summed E-state index contributed by atoms with van der Waals surface area (Å²) < 4.78 is 6.02. The van der Waals surface area contributed by atoms with Crippen LogP contribution in [0.2, 0.25) is 0 Å². The molecule has 0 N–H and O–H groups in total. The zero-order valence-electron chi connectivity index (χ0n) is 8.39. The molecule has 3 unspecified atom stereocenters. The summed E-state index contributed by atoms with van der Waals surface area (Å²) >= 11 is 6.23. The van der Waals surface area contributed by atoms with Crippen molar-refractivity contribution in [2.45, 2.75) is 56.4 Å². The van der Waals surface area contributed by atoms with Gasteiger partial charge < -0.3 is 4.74 Å². The van der Waals surface area contributed by atoms with E-state index in [-0.39, 0.29) is 5.60 Å². The average molecular weight is 203 g/mol. The molecule has 3 atom stereocenters. The quantitative estimate of drug-likeness (QED) is 0.593. The molecule has 1 aliphatic carbocycles. The van der Waals surface area contributed by atoms with Crippen molar-refractivity contribution in [2.24, 2.45) is 5.92 Å². The molecule has 2 heteroatoms. The van der Waals surface area contributed by atoms with Gasteiger partial charge >= 0.3 is 0 Å². The standard InChI is InChI=1S/C11H19ClO/c1-2-9-4-3-6-11(9)8-10(12)5-7-13-11/h9-10H,2-8H2,1H3. The molecule has 1 spiro atoms. The van der Waals surface area contributed by atoms with Gasteiger partial charge in [0.15, 0.2) is 0 Å². The largest absolute Gasteiger partial charge is 0.375 e. The molecule has 2 rings (SSSR count). The highest BCUT2D eigenvalue weighted by atomic mass is 35.5. The van der Waals surface area contributed by atoms with E-state index in [0.29, 0.717) is 5.38 Å². The number of rotatable bonds is 1. The summed E-state index contributed by atoms with van der Waals surface area (Å²) in [6.07, 6.45) is 7.31. The van der Waals surface area contributed by atoms with Gasteiger partial charge in [0.2, 0.25) is 0 Å². The first-order valence-electron chi connectivity index (χ1n) is 5.55. The number of ether oxygens (including phenoxy) is 1. The Kier molecular flexibility index (Phi) is 2.85. The molecule has 13 heavy (non-hydrogen) atoms. The highest BCUT2D eigenvalue weighted by Gasteiger charge is 2.45. The summed E-state index contributed by atoms with van der Waals surface area (Å²) in [5.74, 6) is 0.772. The third-order valence-corrected chi connectivity index (χ3v) is 4.15. The molecule has 0 aromatic rings. The zero-order chi connectivity index (χ0) is 9.31. The Hall–Kier alpha value is 0.250. The van der Waals surface area contributed by atoms with Gasteiger partial charge in [0, 0.05) is 12.0 Å². The average Bonchev–Trinajstić information content (AvgIpc) is 2.47. The van der Waals surface area contributed by atoms with Crippen LogP contribution in [0.3, 0.4) is 0 Å². The Labute approximate surface area is 85.8 Å². The summed E-state index contributed by atoms with van der Waals surface area (Å²) in [5, 5.41) is 0.362. The van der Waals surface area contributed by atoms with Gasteiger partial charge in [-0.15, -0.1) is 11.6 Å². The molecule has 2 fully saturated rings. The summed E-state index contributed by atoms with van der Waals surface area (Å²) in [7, 11) is 0. The van der Waals surface area contributed by atoms with Crippen LogP contribution in [-0.2, 0) is 4.74 Å². The van der Waals surface area contributed by atoms with Crippen molar-refractivity contribution < 1.29 is 4.74 Å². The lowest BCUT2D eigenvalue weighted by Crippen LogP contribution is -2.43. The molecule has 0 amide bonds. The van der Waals surface area contributed by atoms with Crippen LogP contribution in [-0.4, -0.2) is 17.6 Å². The number of hydrogen-bond acceptors (Lipinski definition) is 1. The van der Waals surface area contributed by atoms with E-state index in [4.69, 9.17) is 16.3 Å². The van der Waals surface area contributed by atoms with Gasteiger partial charge in [0.25, 0.3) is 0 Å². The third kappa shape index (κ3) is 1.73. The van der Waals surface area contributed by atoms with E-state index < -0.39 is 0 Å². The minimum Gasteiger partial charge on any atom is -0.375 e. The summed E-state index contributed by atoms with van der Waals surface area (Å²) in [5.41, 5.74) is 0.180. The molecule has 1 saturated carbocycles. The maximum atomic E-state index is 6.23. The van der Waals surface area contributed by atoms with Crippen LogP contribution in [0.4, 0.5) is 0 Å². The molecule has 1 heterocycles. The lowest BCUT2D eigenvalue weighted by Gasteiger charge is -2.40. The molecular formula is C11H19ClO. The second-order valence-corrected chi connectivity index (χ2v) is 5.12. The fourth-order valence-corrected chi connectivity index (χ4v) is 3.43. The Bertz CT molecular complexity index is 183. The summed E-state index contributed by atoms with van der Waals surface area (Å²) in [4.78, 5) is 0. The Morgan fingerprint density at radius 3 is 3.00 bits per heavy atom. The third-order valence-electron chi connectivity index (χ3n) is 3.78. The molecule has 1 aliphatic heterocycles. The van der Waals surface area contributed by atoms with Crippen LogP contribution in [0.1, 0.15) is 45.4 Å². The SMILES string of the molecule is CCC1CCCC12CC(Cl)CCO2. The maximum absolute atomic E-state index is 6.23. The van der Waals surface area contributed by atoms with E-state index in [0.717, 1.165) is 25.4 Å². The highest BCUT2D eigenvalue weighted by Crippen LogP contribution is 2.46. The fraction of sp³-hybridized carbons (Fsp3) is 1.00. The lowest BCUT2D eigenvalue weighted by atomic mass is 9.82. The smallest absolute Gasteiger partial charge is 0.0724 e. The highest BCUT2D eigenvalue weighted by molar-refractivity contribution is 6.20. The Morgan fingerprint density at radius 2 is 2.31 bits per heavy atom. The monoisotopic (exact) mass is 202 g/mol. The van der Waals surface area contributed by atoms with E-state index in [1.165, 1.54) is 25.7 Å². The van der Waals surface area contributed by atoms with Crippen molar-refractivity contribution in [3.8, 4) is 0 Å². The summed E-state index contributed by atoms with van der Waals surface area (Å²) in [6.45, 7) is 3.16. The van der Waals surface area contributed by atoms with E-state index in [2.05, 4.69) is 6.92 Å². The predicted molar refractivity (Wildman–Crippen MR) is 55.2 cm³/mol. The minimum absolute atomic E-state index is 0.180. The lowest BCUT2D eigenvalue weighted by molar-refractivity contribution is -0.101. The van der Waals surface area contributed by atoms with Crippen LogP contribution < -0.4 is 0 Å². The first-order chi connectivity index (χ1) is 6.27. The molecule has 1 nitrogen and oxygen atoms in total. The Balaban J connectivity index is 2.08. The molecule has 2 aliphatic rings. The first-order valence-corrected chi connectivity index (χ1v) is 5.98. The van der Waals surface area contributed by atoms with Gasteiger partial charge in [-0.3, -0.25) is 0 Å². The van der Waals surface area contributed by atoms with Crippen molar-refractivity contribution in [1.82, 2.24) is 0 Å².